The minimum Gasteiger partial charge on any atom is -0.495 e. The monoisotopic (exact) mass is 489 g/mol. The minimum atomic E-state index is -0.517. The lowest BCUT2D eigenvalue weighted by Gasteiger charge is -2.13. The molecule has 3 heterocycles. The van der Waals surface area contributed by atoms with Crippen LogP contribution in [0.2, 0.25) is 0 Å². The number of carbonyl (C=O) groups is 1. The van der Waals surface area contributed by atoms with Gasteiger partial charge in [0.1, 0.15) is 16.9 Å². The zero-order valence-corrected chi connectivity index (χ0v) is 19.5. The maximum Gasteiger partial charge on any atom is 0.277 e. The van der Waals surface area contributed by atoms with E-state index >= 15 is 0 Å². The van der Waals surface area contributed by atoms with Crippen LogP contribution in [0.3, 0.4) is 0 Å². The van der Waals surface area contributed by atoms with Crippen LogP contribution in [0.25, 0.3) is 33.4 Å². The van der Waals surface area contributed by atoms with E-state index in [1.54, 1.807) is 32.2 Å². The third-order valence-electron chi connectivity index (χ3n) is 5.63. The SMILES string of the molecule is COc1cc2c(cc1NC(=O)C(C)Sc1nnc(-c3ccc4c(c3)OCO4)o1)oc1ccccc12. The molecular weight excluding hydrogens is 470 g/mol. The number of nitrogens with zero attached hydrogens (tertiary/aromatic N) is 2. The molecule has 1 atom stereocenters. The quantitative estimate of drug-likeness (QED) is 0.310. The van der Waals surface area contributed by atoms with E-state index in [9.17, 15) is 4.79 Å². The Hall–Kier alpha value is -4.18. The van der Waals surface area contributed by atoms with Gasteiger partial charge in [-0.25, -0.2) is 0 Å². The zero-order valence-electron chi connectivity index (χ0n) is 18.7. The molecule has 1 aliphatic rings. The van der Waals surface area contributed by atoms with Crippen molar-refractivity contribution in [1.29, 1.82) is 0 Å². The molecule has 6 rings (SSSR count). The summed E-state index contributed by atoms with van der Waals surface area (Å²) in [5.41, 5.74) is 2.65. The molecule has 1 unspecified atom stereocenters. The van der Waals surface area contributed by atoms with Gasteiger partial charge in [0.05, 0.1) is 18.0 Å². The molecule has 0 spiro atoms. The fourth-order valence-electron chi connectivity index (χ4n) is 3.86. The number of ether oxygens (including phenoxy) is 3. The maximum atomic E-state index is 13.0. The summed E-state index contributed by atoms with van der Waals surface area (Å²) in [5.74, 6) is 1.92. The summed E-state index contributed by atoms with van der Waals surface area (Å²) in [5, 5.41) is 12.7. The van der Waals surface area contributed by atoms with Crippen molar-refractivity contribution in [1.82, 2.24) is 10.2 Å². The summed E-state index contributed by atoms with van der Waals surface area (Å²) in [4.78, 5) is 13.0. The van der Waals surface area contributed by atoms with E-state index in [0.717, 1.165) is 28.1 Å². The van der Waals surface area contributed by atoms with Crippen LogP contribution in [0.5, 0.6) is 17.2 Å². The molecule has 0 aliphatic carbocycles. The Bertz CT molecular complexity index is 1580. The van der Waals surface area contributed by atoms with Gasteiger partial charge in [0.25, 0.3) is 5.22 Å². The number of amides is 1. The number of fused-ring (bicyclic) bond motifs is 4. The summed E-state index contributed by atoms with van der Waals surface area (Å²) >= 11 is 1.16. The second kappa shape index (κ2) is 8.55. The topological polar surface area (TPSA) is 109 Å². The number of nitrogens with one attached hydrogen (secondary N) is 1. The van der Waals surface area contributed by atoms with Gasteiger partial charge >= 0.3 is 0 Å². The summed E-state index contributed by atoms with van der Waals surface area (Å²) in [6.07, 6.45) is 0. The second-order valence-electron chi connectivity index (χ2n) is 7.84. The van der Waals surface area contributed by atoms with E-state index in [2.05, 4.69) is 15.5 Å². The zero-order chi connectivity index (χ0) is 23.9. The van der Waals surface area contributed by atoms with Crippen molar-refractivity contribution in [2.24, 2.45) is 0 Å². The van der Waals surface area contributed by atoms with Gasteiger partial charge in [0, 0.05) is 22.4 Å². The maximum absolute atomic E-state index is 13.0. The van der Waals surface area contributed by atoms with Crippen molar-refractivity contribution in [2.45, 2.75) is 17.4 Å². The summed E-state index contributed by atoms with van der Waals surface area (Å²) in [7, 11) is 1.56. The Morgan fingerprint density at radius 3 is 2.74 bits per heavy atom. The lowest BCUT2D eigenvalue weighted by atomic mass is 10.1. The van der Waals surface area contributed by atoms with E-state index in [-0.39, 0.29) is 17.9 Å². The van der Waals surface area contributed by atoms with Crippen molar-refractivity contribution in [2.75, 3.05) is 19.2 Å². The Morgan fingerprint density at radius 1 is 1.00 bits per heavy atom. The number of thioether (sulfide) groups is 1. The fourth-order valence-corrected chi connectivity index (χ4v) is 4.54. The summed E-state index contributed by atoms with van der Waals surface area (Å²) in [6, 6.07) is 16.8. The van der Waals surface area contributed by atoms with Crippen LogP contribution in [-0.2, 0) is 4.79 Å². The van der Waals surface area contributed by atoms with Gasteiger partial charge in [-0.15, -0.1) is 10.2 Å². The highest BCUT2D eigenvalue weighted by atomic mass is 32.2. The van der Waals surface area contributed by atoms with Crippen LogP contribution in [0.15, 0.2) is 68.7 Å². The Labute approximate surface area is 203 Å². The first-order valence-electron chi connectivity index (χ1n) is 10.8. The largest absolute Gasteiger partial charge is 0.495 e. The molecule has 10 heteroatoms. The van der Waals surface area contributed by atoms with Gasteiger partial charge in [-0.2, -0.15) is 0 Å². The molecule has 0 saturated heterocycles. The van der Waals surface area contributed by atoms with E-state index in [1.165, 1.54) is 0 Å². The molecule has 5 aromatic rings. The average molecular weight is 490 g/mol. The van der Waals surface area contributed by atoms with Gasteiger partial charge in [-0.1, -0.05) is 30.0 Å². The number of furan rings is 1. The number of hydrogen-bond acceptors (Lipinski definition) is 9. The standard InChI is InChI=1S/C25H19N3O6S/c1-13(35-25-28-27-24(34-25)14-7-8-19-22(9-14)32-12-31-19)23(29)26-17-11-20-16(10-21(17)30-2)15-5-3-4-6-18(15)33-20/h3-11,13H,12H2,1-2H3,(H,26,29). The number of hydrogen-bond donors (Lipinski definition) is 1. The number of anilines is 1. The van der Waals surface area contributed by atoms with Crippen LogP contribution >= 0.6 is 11.8 Å². The number of benzene rings is 3. The van der Waals surface area contributed by atoms with Crippen LogP contribution in [0, 0.1) is 0 Å². The third-order valence-corrected chi connectivity index (χ3v) is 6.56. The van der Waals surface area contributed by atoms with Crippen molar-refractivity contribution in [3.8, 4) is 28.7 Å². The molecule has 0 bridgehead atoms. The molecule has 9 nitrogen and oxygen atoms in total. The van der Waals surface area contributed by atoms with Gasteiger partial charge in [-0.05, 0) is 37.3 Å². The van der Waals surface area contributed by atoms with E-state index in [1.807, 2.05) is 36.4 Å². The molecule has 1 amide bonds. The Kier molecular flexibility index (Phi) is 5.22. The fraction of sp³-hybridized carbons (Fsp3) is 0.160. The van der Waals surface area contributed by atoms with E-state index < -0.39 is 5.25 Å². The van der Waals surface area contributed by atoms with Gasteiger partial charge in [0.2, 0.25) is 18.6 Å². The van der Waals surface area contributed by atoms with E-state index in [4.69, 9.17) is 23.0 Å². The first-order chi connectivity index (χ1) is 17.1. The molecule has 0 saturated carbocycles. The second-order valence-corrected chi connectivity index (χ2v) is 9.13. The van der Waals surface area contributed by atoms with Crippen molar-refractivity contribution in [3.63, 3.8) is 0 Å². The summed E-state index contributed by atoms with van der Waals surface area (Å²) < 4.78 is 28.0. The Balaban J connectivity index is 1.19. The number of aromatic nitrogens is 2. The molecule has 176 valence electrons. The molecule has 1 N–H and O–H groups in total. The molecule has 0 radical (unpaired) electrons. The molecule has 2 aromatic heterocycles. The molecular formula is C25H19N3O6S. The lowest BCUT2D eigenvalue weighted by molar-refractivity contribution is -0.115. The van der Waals surface area contributed by atoms with Crippen LogP contribution in [0.4, 0.5) is 5.69 Å². The normalized spacial score (nSPS) is 13.3. The first-order valence-corrected chi connectivity index (χ1v) is 11.7. The highest BCUT2D eigenvalue weighted by molar-refractivity contribution is 8.00. The Morgan fingerprint density at radius 2 is 1.86 bits per heavy atom. The molecule has 3 aromatic carbocycles. The smallest absolute Gasteiger partial charge is 0.277 e. The van der Waals surface area contributed by atoms with Crippen LogP contribution < -0.4 is 19.5 Å². The highest BCUT2D eigenvalue weighted by Crippen LogP contribution is 2.38. The first kappa shape index (κ1) is 21.4. The number of carbonyl (C=O) groups excluding carboxylic acids is 1. The predicted octanol–water partition coefficient (Wildman–Crippen LogP) is 5.49. The van der Waals surface area contributed by atoms with Crippen LogP contribution in [-0.4, -0.2) is 35.3 Å². The van der Waals surface area contributed by atoms with Gasteiger partial charge in [0.15, 0.2) is 11.5 Å². The minimum absolute atomic E-state index is 0.185. The highest BCUT2D eigenvalue weighted by Gasteiger charge is 2.22. The van der Waals surface area contributed by atoms with Crippen molar-refractivity contribution >= 4 is 45.3 Å². The number of methoxy groups -OCH3 is 1. The van der Waals surface area contributed by atoms with Crippen molar-refractivity contribution < 1.29 is 27.8 Å². The molecule has 1 aliphatic heterocycles. The average Bonchev–Trinajstić information content (AvgIpc) is 3.61. The van der Waals surface area contributed by atoms with E-state index in [0.29, 0.717) is 40.0 Å². The summed E-state index contributed by atoms with van der Waals surface area (Å²) in [6.45, 7) is 1.95. The van der Waals surface area contributed by atoms with Crippen molar-refractivity contribution in [3.05, 3.63) is 54.6 Å². The van der Waals surface area contributed by atoms with Gasteiger partial charge in [-0.3, -0.25) is 4.79 Å². The molecule has 35 heavy (non-hydrogen) atoms. The number of rotatable bonds is 6. The number of para-hydroxylation sites is 1. The predicted molar refractivity (Wildman–Crippen MR) is 130 cm³/mol. The van der Waals surface area contributed by atoms with Crippen LogP contribution in [0.1, 0.15) is 6.92 Å². The lowest BCUT2D eigenvalue weighted by Crippen LogP contribution is -2.22. The molecule has 0 fully saturated rings. The third kappa shape index (κ3) is 3.91. The van der Waals surface area contributed by atoms with Gasteiger partial charge < -0.3 is 28.4 Å².